The maximum Gasteiger partial charge on any atom is 0.345 e. The molecular formula is C17H14ClN3O4S. The van der Waals surface area contributed by atoms with Gasteiger partial charge in [-0.25, -0.2) is 18.4 Å². The molecule has 134 valence electrons. The van der Waals surface area contributed by atoms with Crippen molar-refractivity contribution in [1.29, 1.82) is 0 Å². The third-order valence-electron chi connectivity index (χ3n) is 3.62. The maximum absolute atomic E-state index is 12.1. The summed E-state index contributed by atoms with van der Waals surface area (Å²) in [4.78, 5) is 12.1. The van der Waals surface area contributed by atoms with Crippen LogP contribution in [0.4, 0.5) is 5.69 Å². The van der Waals surface area contributed by atoms with Gasteiger partial charge in [-0.2, -0.15) is 5.10 Å². The molecule has 3 N–H and O–H groups in total. The molecule has 1 heterocycles. The lowest BCUT2D eigenvalue weighted by atomic mass is 10.1. The summed E-state index contributed by atoms with van der Waals surface area (Å²) in [6.07, 6.45) is 0. The largest absolute Gasteiger partial charge is 0.422 e. The summed E-state index contributed by atoms with van der Waals surface area (Å²) < 4.78 is 27.7. The van der Waals surface area contributed by atoms with E-state index in [0.717, 1.165) is 0 Å². The van der Waals surface area contributed by atoms with Crippen molar-refractivity contribution < 1.29 is 12.8 Å². The second-order valence-corrected chi connectivity index (χ2v) is 7.51. The number of rotatable bonds is 4. The van der Waals surface area contributed by atoms with Gasteiger partial charge in [-0.1, -0.05) is 11.6 Å². The molecular weight excluding hydrogens is 378 g/mol. The first kappa shape index (κ1) is 18.1. The average molecular weight is 392 g/mol. The second kappa shape index (κ2) is 6.91. The Morgan fingerprint density at radius 2 is 1.85 bits per heavy atom. The molecule has 0 aliphatic rings. The third kappa shape index (κ3) is 3.93. The van der Waals surface area contributed by atoms with Crippen molar-refractivity contribution in [3.8, 4) is 0 Å². The van der Waals surface area contributed by atoms with E-state index in [2.05, 4.69) is 10.5 Å². The molecule has 0 bridgehead atoms. The highest BCUT2D eigenvalue weighted by atomic mass is 35.5. The summed E-state index contributed by atoms with van der Waals surface area (Å²) in [5.74, 6) is 0. The highest BCUT2D eigenvalue weighted by Gasteiger charge is 2.10. The van der Waals surface area contributed by atoms with Crippen molar-refractivity contribution in [3.63, 3.8) is 0 Å². The number of nitrogens with two attached hydrogens (primary N) is 1. The molecule has 0 saturated heterocycles. The fourth-order valence-corrected chi connectivity index (χ4v) is 2.97. The van der Waals surface area contributed by atoms with Gasteiger partial charge in [0.2, 0.25) is 10.0 Å². The van der Waals surface area contributed by atoms with Gasteiger partial charge in [-0.05, 0) is 55.5 Å². The highest BCUT2D eigenvalue weighted by molar-refractivity contribution is 7.89. The lowest BCUT2D eigenvalue weighted by Gasteiger charge is -2.05. The Morgan fingerprint density at radius 3 is 2.50 bits per heavy atom. The Labute approximate surface area is 154 Å². The molecule has 0 unspecified atom stereocenters. The topological polar surface area (TPSA) is 115 Å². The Hall–Kier alpha value is -2.68. The number of nitrogens with one attached hydrogen (secondary N) is 1. The zero-order chi connectivity index (χ0) is 18.9. The number of anilines is 1. The van der Waals surface area contributed by atoms with Crippen LogP contribution in [0.1, 0.15) is 12.5 Å². The van der Waals surface area contributed by atoms with Crippen LogP contribution in [0.2, 0.25) is 5.02 Å². The van der Waals surface area contributed by atoms with Gasteiger partial charge in [-0.15, -0.1) is 0 Å². The number of primary sulfonamides is 1. The number of hydrazone groups is 1. The number of fused-ring (bicyclic) bond motifs is 1. The molecule has 3 aromatic rings. The zero-order valence-electron chi connectivity index (χ0n) is 13.6. The number of sulfonamides is 1. The van der Waals surface area contributed by atoms with Crippen molar-refractivity contribution in [2.75, 3.05) is 5.43 Å². The predicted octanol–water partition coefficient (Wildman–Crippen LogP) is 2.93. The smallest absolute Gasteiger partial charge is 0.345 e. The van der Waals surface area contributed by atoms with Gasteiger partial charge in [0.25, 0.3) is 0 Å². The van der Waals surface area contributed by atoms with Gasteiger partial charge < -0.3 is 4.42 Å². The molecule has 0 saturated carbocycles. The normalized spacial score (nSPS) is 12.3. The first-order valence-corrected chi connectivity index (χ1v) is 9.33. The van der Waals surface area contributed by atoms with E-state index < -0.39 is 15.6 Å². The summed E-state index contributed by atoms with van der Waals surface area (Å²) in [5, 5.41) is 10.4. The van der Waals surface area contributed by atoms with Crippen LogP contribution in [0.3, 0.4) is 0 Å². The van der Waals surface area contributed by atoms with E-state index in [4.69, 9.17) is 21.2 Å². The SMILES string of the molecule is C/C(=N\Nc1ccc(S(N)(=O)=O)cc1)c1cc2cc(Cl)ccc2oc1=O. The predicted molar refractivity (Wildman–Crippen MR) is 101 cm³/mol. The molecule has 26 heavy (non-hydrogen) atoms. The summed E-state index contributed by atoms with van der Waals surface area (Å²) in [5.41, 5.74) is 3.88. The van der Waals surface area contributed by atoms with Gasteiger partial charge in [0.05, 0.1) is 21.9 Å². The molecule has 3 rings (SSSR count). The number of benzene rings is 2. The molecule has 9 heteroatoms. The van der Waals surface area contributed by atoms with Crippen molar-refractivity contribution in [2.45, 2.75) is 11.8 Å². The van der Waals surface area contributed by atoms with Crippen LogP contribution < -0.4 is 16.2 Å². The molecule has 1 aromatic heterocycles. The van der Waals surface area contributed by atoms with E-state index in [-0.39, 0.29) is 10.5 Å². The molecule has 0 radical (unpaired) electrons. The van der Waals surface area contributed by atoms with Crippen LogP contribution in [0.5, 0.6) is 0 Å². The first-order chi connectivity index (χ1) is 12.2. The molecule has 7 nitrogen and oxygen atoms in total. The summed E-state index contributed by atoms with van der Waals surface area (Å²) in [6, 6.07) is 12.3. The van der Waals surface area contributed by atoms with Gasteiger partial charge >= 0.3 is 5.63 Å². The quantitative estimate of drug-likeness (QED) is 0.403. The number of hydrogen-bond donors (Lipinski definition) is 2. The number of hydrogen-bond acceptors (Lipinski definition) is 6. The summed E-state index contributed by atoms with van der Waals surface area (Å²) >= 11 is 5.96. The summed E-state index contributed by atoms with van der Waals surface area (Å²) in [7, 11) is -3.75. The van der Waals surface area contributed by atoms with Crippen LogP contribution in [0.25, 0.3) is 11.0 Å². The molecule has 2 aromatic carbocycles. The number of halogens is 1. The molecule has 0 fully saturated rings. The lowest BCUT2D eigenvalue weighted by molar-refractivity contribution is 0.559. The molecule has 0 spiro atoms. The van der Waals surface area contributed by atoms with Gasteiger partial charge in [-0.3, -0.25) is 5.43 Å². The Bertz CT molecular complexity index is 1170. The fraction of sp³-hybridized carbons (Fsp3) is 0.0588. The fourth-order valence-electron chi connectivity index (χ4n) is 2.27. The van der Waals surface area contributed by atoms with E-state index in [0.29, 0.717) is 27.4 Å². The maximum atomic E-state index is 12.1. The third-order valence-corrected chi connectivity index (χ3v) is 4.78. The van der Waals surface area contributed by atoms with Crippen molar-refractivity contribution in [1.82, 2.24) is 0 Å². The van der Waals surface area contributed by atoms with Crippen LogP contribution in [0.15, 0.2) is 67.7 Å². The second-order valence-electron chi connectivity index (χ2n) is 5.51. The van der Waals surface area contributed by atoms with Gasteiger partial charge in [0, 0.05) is 10.4 Å². The molecule has 0 atom stereocenters. The number of nitrogens with zero attached hydrogens (tertiary/aromatic N) is 1. The zero-order valence-corrected chi connectivity index (χ0v) is 15.1. The molecule has 0 amide bonds. The van der Waals surface area contributed by atoms with E-state index in [1.807, 2.05) is 0 Å². The molecule has 0 aliphatic heterocycles. The Balaban J connectivity index is 1.89. The van der Waals surface area contributed by atoms with Crippen molar-refractivity contribution in [3.05, 3.63) is 69.5 Å². The Kier molecular flexibility index (Phi) is 4.82. The van der Waals surface area contributed by atoms with E-state index in [9.17, 15) is 13.2 Å². The molecule has 0 aliphatic carbocycles. The summed E-state index contributed by atoms with van der Waals surface area (Å²) in [6.45, 7) is 1.65. The van der Waals surface area contributed by atoms with Gasteiger partial charge in [0.15, 0.2) is 0 Å². The van der Waals surface area contributed by atoms with Crippen molar-refractivity contribution >= 4 is 44.0 Å². The van der Waals surface area contributed by atoms with E-state index in [1.165, 1.54) is 24.3 Å². The van der Waals surface area contributed by atoms with E-state index in [1.54, 1.807) is 31.2 Å². The van der Waals surface area contributed by atoms with E-state index >= 15 is 0 Å². The minimum absolute atomic E-state index is 0.00389. The highest BCUT2D eigenvalue weighted by Crippen LogP contribution is 2.19. The monoisotopic (exact) mass is 391 g/mol. The van der Waals surface area contributed by atoms with Crippen LogP contribution in [-0.4, -0.2) is 14.1 Å². The standard InChI is InChI=1S/C17H14ClN3O4S/c1-10(20-21-13-3-5-14(6-4-13)26(19,23)24)15-9-11-8-12(18)2-7-16(11)25-17(15)22/h2-9,21H,1H3,(H2,19,23,24)/b20-10+. The minimum Gasteiger partial charge on any atom is -0.422 e. The minimum atomic E-state index is -3.75. The van der Waals surface area contributed by atoms with Crippen LogP contribution in [-0.2, 0) is 10.0 Å². The average Bonchev–Trinajstić information content (AvgIpc) is 2.59. The first-order valence-electron chi connectivity index (χ1n) is 7.41. The van der Waals surface area contributed by atoms with Crippen molar-refractivity contribution in [2.24, 2.45) is 10.2 Å². The Morgan fingerprint density at radius 1 is 1.15 bits per heavy atom. The van der Waals surface area contributed by atoms with Crippen LogP contribution >= 0.6 is 11.6 Å². The van der Waals surface area contributed by atoms with Crippen LogP contribution in [0, 0.1) is 0 Å². The lowest BCUT2D eigenvalue weighted by Crippen LogP contribution is -2.13. The van der Waals surface area contributed by atoms with Gasteiger partial charge in [0.1, 0.15) is 5.58 Å².